The summed E-state index contributed by atoms with van der Waals surface area (Å²) in [5.41, 5.74) is 1.86. The molecular formula is C24H34N6O2S. The molecule has 1 aliphatic carbocycles. The second-order valence-electron chi connectivity index (χ2n) is 9.37. The minimum Gasteiger partial charge on any atom is -0.353 e. The molecule has 0 atom stereocenters. The first-order chi connectivity index (χ1) is 15.9. The van der Waals surface area contributed by atoms with Gasteiger partial charge in [0.15, 0.2) is 5.16 Å². The Morgan fingerprint density at radius 1 is 1.06 bits per heavy atom. The van der Waals surface area contributed by atoms with Crippen molar-refractivity contribution in [3.8, 4) is 0 Å². The monoisotopic (exact) mass is 470 g/mol. The smallest absolute Gasteiger partial charge is 0.243 e. The second-order valence-corrected chi connectivity index (χ2v) is 10.3. The van der Waals surface area contributed by atoms with Gasteiger partial charge in [-0.2, -0.15) is 0 Å². The van der Waals surface area contributed by atoms with Gasteiger partial charge in [-0.1, -0.05) is 43.2 Å². The summed E-state index contributed by atoms with van der Waals surface area (Å²) in [4.78, 5) is 27.6. The van der Waals surface area contributed by atoms with Crippen LogP contribution in [0.1, 0.15) is 59.8 Å². The number of carbonyl (C=O) groups is 2. The fraction of sp³-hybridized carbons (Fsp3) is 0.583. The molecule has 9 heteroatoms. The Morgan fingerprint density at radius 2 is 1.73 bits per heavy atom. The van der Waals surface area contributed by atoms with E-state index in [9.17, 15) is 9.59 Å². The molecule has 2 aromatic heterocycles. The Hall–Kier alpha value is -2.55. The van der Waals surface area contributed by atoms with E-state index in [1.165, 1.54) is 31.0 Å². The minimum atomic E-state index is 0.0343. The van der Waals surface area contributed by atoms with E-state index < -0.39 is 0 Å². The number of amides is 2. The molecule has 1 aliphatic rings. The van der Waals surface area contributed by atoms with Crippen molar-refractivity contribution < 1.29 is 9.59 Å². The molecule has 2 amide bonds. The number of hydrogen-bond acceptors (Lipinski definition) is 5. The molecule has 0 bridgehead atoms. The highest BCUT2D eigenvalue weighted by molar-refractivity contribution is 7.99. The van der Waals surface area contributed by atoms with Gasteiger partial charge in [0.05, 0.1) is 16.8 Å². The maximum Gasteiger partial charge on any atom is 0.243 e. The lowest BCUT2D eigenvalue weighted by Gasteiger charge is -2.31. The summed E-state index contributed by atoms with van der Waals surface area (Å²) in [5.74, 6) is 0.996. The highest BCUT2D eigenvalue weighted by Gasteiger charge is 2.24. The van der Waals surface area contributed by atoms with Gasteiger partial charge in [-0.3, -0.25) is 18.6 Å². The molecule has 33 heavy (non-hydrogen) atoms. The van der Waals surface area contributed by atoms with E-state index in [1.54, 1.807) is 0 Å². The number of hydrogen-bond donors (Lipinski definition) is 1. The highest BCUT2D eigenvalue weighted by atomic mass is 32.2. The molecular weight excluding hydrogens is 436 g/mol. The summed E-state index contributed by atoms with van der Waals surface area (Å²) in [6.45, 7) is 8.33. The van der Waals surface area contributed by atoms with Crippen LogP contribution in [0.25, 0.3) is 16.8 Å². The minimum absolute atomic E-state index is 0.0343. The number of fused-ring (bicyclic) bond motifs is 3. The molecule has 1 fully saturated rings. The molecule has 0 aliphatic heterocycles. The number of carbonyl (C=O) groups excluding carboxylic acids is 2. The quantitative estimate of drug-likeness (QED) is 0.505. The summed E-state index contributed by atoms with van der Waals surface area (Å²) in [6.07, 6.45) is 5.77. The van der Waals surface area contributed by atoms with Crippen molar-refractivity contribution in [2.45, 2.75) is 89.6 Å². The maximum absolute atomic E-state index is 13.2. The van der Waals surface area contributed by atoms with Crippen LogP contribution < -0.4 is 5.32 Å². The van der Waals surface area contributed by atoms with Gasteiger partial charge in [0.25, 0.3) is 0 Å². The fourth-order valence-electron chi connectivity index (χ4n) is 4.92. The molecule has 2 heterocycles. The van der Waals surface area contributed by atoms with E-state index in [-0.39, 0.29) is 30.4 Å². The molecule has 4 rings (SSSR count). The molecule has 1 aromatic carbocycles. The summed E-state index contributed by atoms with van der Waals surface area (Å²) < 4.78 is 3.88. The summed E-state index contributed by atoms with van der Waals surface area (Å²) >= 11 is 1.39. The number of nitrogens with one attached hydrogen (secondary N) is 1. The van der Waals surface area contributed by atoms with Crippen molar-refractivity contribution >= 4 is 40.4 Å². The molecule has 1 saturated carbocycles. The lowest BCUT2D eigenvalue weighted by Crippen LogP contribution is -2.43. The predicted octanol–water partition coefficient (Wildman–Crippen LogP) is 3.87. The van der Waals surface area contributed by atoms with Gasteiger partial charge in [-0.05, 0) is 52.7 Å². The van der Waals surface area contributed by atoms with Crippen molar-refractivity contribution in [2.75, 3.05) is 5.75 Å². The van der Waals surface area contributed by atoms with Gasteiger partial charge in [-0.15, -0.1) is 10.2 Å². The van der Waals surface area contributed by atoms with Crippen LogP contribution in [0.4, 0.5) is 0 Å². The Labute approximate surface area is 199 Å². The first kappa shape index (κ1) is 23.6. The van der Waals surface area contributed by atoms with Crippen molar-refractivity contribution in [3.63, 3.8) is 0 Å². The zero-order valence-electron chi connectivity index (χ0n) is 20.0. The van der Waals surface area contributed by atoms with E-state index in [2.05, 4.69) is 15.5 Å². The summed E-state index contributed by atoms with van der Waals surface area (Å²) in [7, 11) is 0. The number of benzene rings is 1. The van der Waals surface area contributed by atoms with Gasteiger partial charge in [0.2, 0.25) is 17.6 Å². The van der Waals surface area contributed by atoms with Crippen LogP contribution in [0.5, 0.6) is 0 Å². The SMILES string of the molecule is CC(C)N(C(=O)Cn1c2ccccc2n2c(SCC(=O)NC3CCCCC3)nnc12)C(C)C. The average molecular weight is 471 g/mol. The lowest BCUT2D eigenvalue weighted by molar-refractivity contribution is -0.135. The van der Waals surface area contributed by atoms with Gasteiger partial charge >= 0.3 is 0 Å². The Morgan fingerprint density at radius 3 is 2.39 bits per heavy atom. The molecule has 3 aromatic rings. The van der Waals surface area contributed by atoms with Gasteiger partial charge in [0.1, 0.15) is 6.54 Å². The number of imidazole rings is 1. The lowest BCUT2D eigenvalue weighted by atomic mass is 9.95. The van der Waals surface area contributed by atoms with E-state index in [1.807, 2.05) is 65.8 Å². The van der Waals surface area contributed by atoms with Crippen molar-refractivity contribution in [1.82, 2.24) is 29.4 Å². The summed E-state index contributed by atoms with van der Waals surface area (Å²) in [5, 5.41) is 12.6. The number of rotatable bonds is 8. The van der Waals surface area contributed by atoms with E-state index >= 15 is 0 Å². The van der Waals surface area contributed by atoms with E-state index in [0.717, 1.165) is 23.9 Å². The first-order valence-electron chi connectivity index (χ1n) is 11.9. The van der Waals surface area contributed by atoms with Crippen LogP contribution in [-0.2, 0) is 16.1 Å². The van der Waals surface area contributed by atoms with Crippen LogP contribution in [0.2, 0.25) is 0 Å². The Bertz CT molecular complexity index is 1120. The van der Waals surface area contributed by atoms with Crippen molar-refractivity contribution in [1.29, 1.82) is 0 Å². The summed E-state index contributed by atoms with van der Waals surface area (Å²) in [6, 6.07) is 8.45. The average Bonchev–Trinajstić information content (AvgIpc) is 3.32. The third-order valence-electron chi connectivity index (χ3n) is 6.27. The van der Waals surface area contributed by atoms with Gasteiger partial charge in [0, 0.05) is 18.1 Å². The number of aromatic nitrogens is 4. The zero-order chi connectivity index (χ0) is 23.5. The van der Waals surface area contributed by atoms with Crippen LogP contribution in [-0.4, -0.2) is 59.8 Å². The number of thioether (sulfide) groups is 1. The van der Waals surface area contributed by atoms with E-state index in [4.69, 9.17) is 0 Å². The zero-order valence-corrected chi connectivity index (χ0v) is 20.8. The molecule has 0 unspecified atom stereocenters. The van der Waals surface area contributed by atoms with Crippen LogP contribution in [0, 0.1) is 0 Å². The van der Waals surface area contributed by atoms with Crippen LogP contribution in [0.15, 0.2) is 29.4 Å². The van der Waals surface area contributed by atoms with Crippen LogP contribution in [0.3, 0.4) is 0 Å². The second kappa shape index (κ2) is 10.2. The maximum atomic E-state index is 13.2. The molecule has 0 spiro atoms. The first-order valence-corrected chi connectivity index (χ1v) is 12.9. The van der Waals surface area contributed by atoms with Crippen molar-refractivity contribution in [3.05, 3.63) is 24.3 Å². The number of para-hydroxylation sites is 2. The molecule has 0 radical (unpaired) electrons. The standard InChI is InChI=1S/C24H34N6O2S/c1-16(2)29(17(3)4)22(32)14-28-19-12-8-9-13-20(19)30-23(28)26-27-24(30)33-15-21(31)25-18-10-6-5-7-11-18/h8-9,12-13,16-18H,5-7,10-11,14-15H2,1-4H3,(H,25,31). The topological polar surface area (TPSA) is 84.5 Å². The molecule has 0 saturated heterocycles. The van der Waals surface area contributed by atoms with Crippen LogP contribution >= 0.6 is 11.8 Å². The third-order valence-corrected chi connectivity index (χ3v) is 7.20. The Balaban J connectivity index is 1.57. The fourth-order valence-corrected chi connectivity index (χ4v) is 5.67. The van der Waals surface area contributed by atoms with Crippen molar-refractivity contribution in [2.24, 2.45) is 0 Å². The molecule has 1 N–H and O–H groups in total. The molecule has 8 nitrogen and oxygen atoms in total. The third kappa shape index (κ3) is 5.03. The Kier molecular flexibility index (Phi) is 7.26. The van der Waals surface area contributed by atoms with Gasteiger partial charge < -0.3 is 10.2 Å². The largest absolute Gasteiger partial charge is 0.353 e. The highest BCUT2D eigenvalue weighted by Crippen LogP contribution is 2.26. The predicted molar refractivity (Wildman–Crippen MR) is 131 cm³/mol. The number of nitrogens with zero attached hydrogens (tertiary/aromatic N) is 5. The van der Waals surface area contributed by atoms with E-state index in [0.29, 0.717) is 22.7 Å². The molecule has 178 valence electrons. The normalized spacial score (nSPS) is 15.1. The van der Waals surface area contributed by atoms with Gasteiger partial charge in [-0.25, -0.2) is 0 Å².